The minimum atomic E-state index is -0.0897. The molecule has 1 amide bonds. The number of carbonyl (C=O) groups is 1. The van der Waals surface area contributed by atoms with E-state index in [0.717, 1.165) is 37.1 Å². The molecule has 1 atom stereocenters. The number of rotatable bonds is 3. The fraction of sp³-hybridized carbons (Fsp3) is 0.412. The Bertz CT molecular complexity index is 869. The standard InChI is InChI=1S/C17H19N5O2/c1-2-12-11-14(20-24-12)16(23)22-8-4-3-5-15(22)13-6-9-21-10-7-18-17(21)19-13/h6-7,9-11,15H,2-5,8H2,1H3/t15-/m1/s1. The first-order valence-corrected chi connectivity index (χ1v) is 8.32. The smallest absolute Gasteiger partial charge is 0.276 e. The summed E-state index contributed by atoms with van der Waals surface area (Å²) in [5.41, 5.74) is 1.25. The van der Waals surface area contributed by atoms with E-state index in [0.29, 0.717) is 18.0 Å². The second-order valence-corrected chi connectivity index (χ2v) is 6.03. The van der Waals surface area contributed by atoms with Gasteiger partial charge in [0.2, 0.25) is 5.78 Å². The second-order valence-electron chi connectivity index (χ2n) is 6.03. The molecule has 1 aliphatic rings. The molecule has 4 heterocycles. The molecule has 3 aromatic rings. The average Bonchev–Trinajstić information content (AvgIpc) is 3.29. The van der Waals surface area contributed by atoms with Crippen molar-refractivity contribution in [2.24, 2.45) is 0 Å². The number of amides is 1. The van der Waals surface area contributed by atoms with Crippen LogP contribution in [0.4, 0.5) is 0 Å². The molecule has 4 rings (SSSR count). The van der Waals surface area contributed by atoms with Gasteiger partial charge in [0.25, 0.3) is 5.91 Å². The Kier molecular flexibility index (Phi) is 3.76. The SMILES string of the molecule is CCc1cc(C(=O)N2CCCC[C@@H]2c2ccn3ccnc3n2)no1. The number of fused-ring (bicyclic) bond motifs is 1. The summed E-state index contributed by atoms with van der Waals surface area (Å²) < 4.78 is 7.05. The zero-order chi connectivity index (χ0) is 16.5. The highest BCUT2D eigenvalue weighted by Gasteiger charge is 2.31. The van der Waals surface area contributed by atoms with Gasteiger partial charge in [-0.25, -0.2) is 9.97 Å². The van der Waals surface area contributed by atoms with Gasteiger partial charge in [-0.15, -0.1) is 0 Å². The molecule has 24 heavy (non-hydrogen) atoms. The molecule has 0 N–H and O–H groups in total. The Labute approximate surface area is 139 Å². The summed E-state index contributed by atoms with van der Waals surface area (Å²) >= 11 is 0. The van der Waals surface area contributed by atoms with Gasteiger partial charge in [0.1, 0.15) is 5.76 Å². The zero-order valence-electron chi connectivity index (χ0n) is 13.6. The maximum absolute atomic E-state index is 12.9. The number of nitrogens with zero attached hydrogens (tertiary/aromatic N) is 5. The molecule has 0 spiro atoms. The number of aryl methyl sites for hydroxylation is 1. The third-order valence-corrected chi connectivity index (χ3v) is 4.51. The number of imidazole rings is 1. The van der Waals surface area contributed by atoms with Crippen molar-refractivity contribution in [2.75, 3.05) is 6.54 Å². The number of hydrogen-bond donors (Lipinski definition) is 0. The number of carbonyl (C=O) groups excluding carboxylic acids is 1. The summed E-state index contributed by atoms with van der Waals surface area (Å²) in [6, 6.07) is 3.65. The van der Waals surface area contributed by atoms with Crippen LogP contribution in [0.3, 0.4) is 0 Å². The Balaban J connectivity index is 1.65. The molecule has 1 aliphatic heterocycles. The van der Waals surface area contributed by atoms with Crippen LogP contribution in [0.5, 0.6) is 0 Å². The highest BCUT2D eigenvalue weighted by Crippen LogP contribution is 2.31. The van der Waals surface area contributed by atoms with Crippen LogP contribution in [0.2, 0.25) is 0 Å². The van der Waals surface area contributed by atoms with Gasteiger partial charge >= 0.3 is 0 Å². The van der Waals surface area contributed by atoms with Crippen molar-refractivity contribution in [3.63, 3.8) is 0 Å². The van der Waals surface area contributed by atoms with Gasteiger partial charge < -0.3 is 9.42 Å². The largest absolute Gasteiger partial charge is 0.361 e. The molecule has 124 valence electrons. The maximum Gasteiger partial charge on any atom is 0.276 e. The number of hydrogen-bond acceptors (Lipinski definition) is 5. The van der Waals surface area contributed by atoms with Crippen LogP contribution in [-0.2, 0) is 6.42 Å². The molecule has 0 saturated carbocycles. The van der Waals surface area contributed by atoms with E-state index in [1.807, 2.05) is 34.7 Å². The molecule has 0 aromatic carbocycles. The summed E-state index contributed by atoms with van der Waals surface area (Å²) in [5, 5.41) is 3.93. The molecule has 0 bridgehead atoms. The van der Waals surface area contributed by atoms with Crippen molar-refractivity contribution in [1.29, 1.82) is 0 Å². The Morgan fingerprint density at radius 1 is 1.38 bits per heavy atom. The van der Waals surface area contributed by atoms with Gasteiger partial charge in [-0.05, 0) is 25.3 Å². The minimum Gasteiger partial charge on any atom is -0.361 e. The summed E-state index contributed by atoms with van der Waals surface area (Å²) in [7, 11) is 0. The molecular formula is C17H19N5O2. The molecule has 0 unspecified atom stereocenters. The van der Waals surface area contributed by atoms with Crippen LogP contribution in [0, 0.1) is 0 Å². The van der Waals surface area contributed by atoms with Gasteiger partial charge in [0, 0.05) is 37.6 Å². The first-order valence-electron chi connectivity index (χ1n) is 8.32. The Morgan fingerprint density at radius 3 is 3.12 bits per heavy atom. The van der Waals surface area contributed by atoms with Crippen molar-refractivity contribution in [3.8, 4) is 0 Å². The maximum atomic E-state index is 12.9. The minimum absolute atomic E-state index is 0.0465. The van der Waals surface area contributed by atoms with E-state index in [4.69, 9.17) is 4.52 Å². The highest BCUT2D eigenvalue weighted by molar-refractivity contribution is 5.92. The van der Waals surface area contributed by atoms with Crippen molar-refractivity contribution in [1.82, 2.24) is 24.4 Å². The quantitative estimate of drug-likeness (QED) is 0.740. The van der Waals surface area contributed by atoms with Crippen LogP contribution in [-0.4, -0.2) is 36.9 Å². The van der Waals surface area contributed by atoms with Crippen LogP contribution in [0.15, 0.2) is 35.2 Å². The van der Waals surface area contributed by atoms with Crippen molar-refractivity contribution in [3.05, 3.63) is 47.9 Å². The monoisotopic (exact) mass is 325 g/mol. The van der Waals surface area contributed by atoms with Crippen molar-refractivity contribution >= 4 is 11.7 Å². The fourth-order valence-corrected chi connectivity index (χ4v) is 3.21. The molecule has 3 aromatic heterocycles. The van der Waals surface area contributed by atoms with E-state index in [1.54, 1.807) is 12.3 Å². The summed E-state index contributed by atoms with van der Waals surface area (Å²) in [4.78, 5) is 23.6. The lowest BCUT2D eigenvalue weighted by molar-refractivity contribution is 0.0595. The van der Waals surface area contributed by atoms with E-state index < -0.39 is 0 Å². The zero-order valence-corrected chi connectivity index (χ0v) is 13.6. The molecule has 1 fully saturated rings. The number of aromatic nitrogens is 4. The molecule has 7 heteroatoms. The lowest BCUT2D eigenvalue weighted by Crippen LogP contribution is -2.39. The van der Waals surface area contributed by atoms with Gasteiger partial charge in [-0.1, -0.05) is 12.1 Å². The molecule has 0 aliphatic carbocycles. The molecular weight excluding hydrogens is 306 g/mol. The first-order chi connectivity index (χ1) is 11.8. The number of piperidine rings is 1. The topological polar surface area (TPSA) is 76.5 Å². The second kappa shape index (κ2) is 6.07. The Hall–Kier alpha value is -2.70. The van der Waals surface area contributed by atoms with E-state index in [9.17, 15) is 4.79 Å². The van der Waals surface area contributed by atoms with Gasteiger partial charge in [0.05, 0.1) is 11.7 Å². The van der Waals surface area contributed by atoms with Crippen LogP contribution >= 0.6 is 0 Å². The van der Waals surface area contributed by atoms with Crippen molar-refractivity contribution in [2.45, 2.75) is 38.6 Å². The average molecular weight is 325 g/mol. The summed E-state index contributed by atoms with van der Waals surface area (Å²) in [6.07, 6.45) is 9.21. The third-order valence-electron chi connectivity index (χ3n) is 4.51. The normalized spacial score (nSPS) is 18.2. The van der Waals surface area contributed by atoms with E-state index >= 15 is 0 Å². The predicted octanol–water partition coefficient (Wildman–Crippen LogP) is 2.65. The van der Waals surface area contributed by atoms with Gasteiger partial charge in [0.15, 0.2) is 5.69 Å². The molecule has 1 saturated heterocycles. The van der Waals surface area contributed by atoms with E-state index in [-0.39, 0.29) is 11.9 Å². The van der Waals surface area contributed by atoms with Gasteiger partial charge in [-0.3, -0.25) is 9.20 Å². The van der Waals surface area contributed by atoms with Crippen LogP contribution < -0.4 is 0 Å². The van der Waals surface area contributed by atoms with Crippen LogP contribution in [0.1, 0.15) is 54.2 Å². The van der Waals surface area contributed by atoms with E-state index in [2.05, 4.69) is 15.1 Å². The lowest BCUT2D eigenvalue weighted by atomic mass is 9.98. The summed E-state index contributed by atoms with van der Waals surface area (Å²) in [5.74, 6) is 1.29. The first kappa shape index (κ1) is 14.9. The molecule has 7 nitrogen and oxygen atoms in total. The van der Waals surface area contributed by atoms with Crippen LogP contribution in [0.25, 0.3) is 5.78 Å². The lowest BCUT2D eigenvalue weighted by Gasteiger charge is -2.34. The van der Waals surface area contributed by atoms with Gasteiger partial charge in [-0.2, -0.15) is 0 Å². The molecule has 0 radical (unpaired) electrons. The highest BCUT2D eigenvalue weighted by atomic mass is 16.5. The van der Waals surface area contributed by atoms with Crippen molar-refractivity contribution < 1.29 is 9.32 Å². The summed E-state index contributed by atoms with van der Waals surface area (Å²) in [6.45, 7) is 2.68. The fourth-order valence-electron chi connectivity index (χ4n) is 3.21. The number of likely N-dealkylation sites (tertiary alicyclic amines) is 1. The Morgan fingerprint density at radius 2 is 2.29 bits per heavy atom. The van der Waals surface area contributed by atoms with E-state index in [1.165, 1.54) is 0 Å². The third kappa shape index (κ3) is 2.55. The predicted molar refractivity (Wildman–Crippen MR) is 86.5 cm³/mol.